The van der Waals surface area contributed by atoms with Gasteiger partial charge in [0, 0.05) is 11.8 Å². The van der Waals surface area contributed by atoms with Crippen molar-refractivity contribution in [3.63, 3.8) is 0 Å². The molecule has 4 atom stereocenters. The van der Waals surface area contributed by atoms with Crippen LogP contribution in [-0.2, 0) is 14.3 Å². The van der Waals surface area contributed by atoms with Crippen LogP contribution in [-0.4, -0.2) is 18.9 Å². The smallest absolute Gasteiger partial charge is 0.309 e. The molecule has 15 heavy (non-hydrogen) atoms. The molecule has 0 aliphatic heterocycles. The summed E-state index contributed by atoms with van der Waals surface area (Å²) in [7, 11) is 1.43. The van der Waals surface area contributed by atoms with Crippen molar-refractivity contribution in [3.05, 3.63) is 0 Å². The first-order valence-electron chi connectivity index (χ1n) is 5.62. The quantitative estimate of drug-likeness (QED) is 0.620. The Bertz CT molecular complexity index is 310. The molecule has 3 nitrogen and oxygen atoms in total. The summed E-state index contributed by atoms with van der Waals surface area (Å²) >= 11 is 0. The number of hydrogen-bond donors (Lipinski definition) is 0. The Labute approximate surface area is 90.2 Å². The molecule has 3 fully saturated rings. The average molecular weight is 210 g/mol. The predicted octanol–water partition coefficient (Wildman–Crippen LogP) is 1.80. The van der Waals surface area contributed by atoms with Crippen molar-refractivity contribution < 1.29 is 14.3 Å². The fourth-order valence-electron chi connectivity index (χ4n) is 3.29. The van der Waals surface area contributed by atoms with E-state index >= 15 is 0 Å². The van der Waals surface area contributed by atoms with Crippen molar-refractivity contribution in [2.24, 2.45) is 23.2 Å². The van der Waals surface area contributed by atoms with E-state index < -0.39 is 0 Å². The second kappa shape index (κ2) is 3.32. The van der Waals surface area contributed by atoms with Crippen LogP contribution in [0, 0.1) is 23.2 Å². The molecule has 0 radical (unpaired) electrons. The summed E-state index contributed by atoms with van der Waals surface area (Å²) < 4.78 is 4.84. The monoisotopic (exact) mass is 210 g/mol. The lowest BCUT2D eigenvalue weighted by atomic mass is 9.51. The number of esters is 1. The van der Waals surface area contributed by atoms with Gasteiger partial charge in [-0.25, -0.2) is 0 Å². The molecule has 0 amide bonds. The molecule has 3 saturated carbocycles. The number of carbonyl (C=O) groups is 2. The standard InChI is InChI=1S/C12H18O3/c1-7-10(13)8-4-5-12(7,2)9(6-8)11(14)15-3/h7-9H,4-6H2,1-3H3/t7?,8?,9?,12-/m1/s1. The predicted molar refractivity (Wildman–Crippen MR) is 55.1 cm³/mol. The molecule has 3 aliphatic carbocycles. The van der Waals surface area contributed by atoms with Gasteiger partial charge in [0.25, 0.3) is 0 Å². The van der Waals surface area contributed by atoms with Crippen LogP contribution in [0.2, 0.25) is 0 Å². The van der Waals surface area contributed by atoms with Crippen LogP contribution in [0.15, 0.2) is 0 Å². The van der Waals surface area contributed by atoms with Crippen LogP contribution in [0.5, 0.6) is 0 Å². The van der Waals surface area contributed by atoms with Crippen LogP contribution in [0.4, 0.5) is 0 Å². The van der Waals surface area contributed by atoms with Gasteiger partial charge >= 0.3 is 5.97 Å². The summed E-state index contributed by atoms with van der Waals surface area (Å²) in [4.78, 5) is 23.6. The van der Waals surface area contributed by atoms with Gasteiger partial charge in [0.2, 0.25) is 0 Å². The van der Waals surface area contributed by atoms with Crippen molar-refractivity contribution in [2.45, 2.75) is 33.1 Å². The third-order valence-electron chi connectivity index (χ3n) is 4.65. The molecule has 3 aliphatic rings. The normalized spacial score (nSPS) is 44.2. The van der Waals surface area contributed by atoms with E-state index in [2.05, 4.69) is 6.92 Å². The largest absolute Gasteiger partial charge is 0.469 e. The van der Waals surface area contributed by atoms with Crippen molar-refractivity contribution in [3.8, 4) is 0 Å². The second-order valence-corrected chi connectivity index (χ2v) is 5.18. The Morgan fingerprint density at radius 3 is 2.80 bits per heavy atom. The van der Waals surface area contributed by atoms with Crippen LogP contribution >= 0.6 is 0 Å². The molecule has 0 heterocycles. The van der Waals surface area contributed by atoms with E-state index in [-0.39, 0.29) is 29.1 Å². The first-order chi connectivity index (χ1) is 7.00. The highest BCUT2D eigenvalue weighted by Gasteiger charge is 2.56. The van der Waals surface area contributed by atoms with Crippen molar-refractivity contribution in [1.82, 2.24) is 0 Å². The molecule has 3 unspecified atom stereocenters. The Morgan fingerprint density at radius 1 is 1.53 bits per heavy atom. The summed E-state index contributed by atoms with van der Waals surface area (Å²) in [5.41, 5.74) is -0.168. The van der Waals surface area contributed by atoms with Gasteiger partial charge in [-0.15, -0.1) is 0 Å². The van der Waals surface area contributed by atoms with Gasteiger partial charge in [-0.3, -0.25) is 9.59 Å². The summed E-state index contributed by atoms with van der Waals surface area (Å²) in [5, 5.41) is 0. The van der Waals surface area contributed by atoms with E-state index in [1.54, 1.807) is 0 Å². The van der Waals surface area contributed by atoms with Crippen molar-refractivity contribution in [2.75, 3.05) is 7.11 Å². The fourth-order valence-corrected chi connectivity index (χ4v) is 3.29. The number of hydrogen-bond acceptors (Lipinski definition) is 3. The summed E-state index contributed by atoms with van der Waals surface area (Å²) in [6, 6.07) is 0. The van der Waals surface area contributed by atoms with Crippen LogP contribution < -0.4 is 0 Å². The zero-order valence-corrected chi connectivity index (χ0v) is 9.58. The minimum atomic E-state index is -0.168. The van der Waals surface area contributed by atoms with Crippen molar-refractivity contribution >= 4 is 11.8 Å². The lowest BCUT2D eigenvalue weighted by Gasteiger charge is -2.51. The zero-order chi connectivity index (χ0) is 11.2. The van der Waals surface area contributed by atoms with E-state index in [0.29, 0.717) is 12.2 Å². The van der Waals surface area contributed by atoms with Gasteiger partial charge in [-0.2, -0.15) is 0 Å². The molecule has 0 aromatic rings. The Hall–Kier alpha value is -0.860. The number of methoxy groups -OCH3 is 1. The summed E-state index contributed by atoms with van der Waals surface area (Å²) in [6.45, 7) is 4.02. The van der Waals surface area contributed by atoms with E-state index in [1.807, 2.05) is 6.92 Å². The molecule has 0 spiro atoms. The molecule has 0 saturated heterocycles. The maximum absolute atomic E-state index is 11.9. The topological polar surface area (TPSA) is 43.4 Å². The summed E-state index contributed by atoms with van der Waals surface area (Å²) in [5.74, 6) is 0.249. The van der Waals surface area contributed by atoms with Gasteiger partial charge in [0.05, 0.1) is 13.0 Å². The van der Waals surface area contributed by atoms with E-state index in [1.165, 1.54) is 7.11 Å². The lowest BCUT2D eigenvalue weighted by molar-refractivity contribution is -0.166. The Balaban J connectivity index is 2.31. The Morgan fingerprint density at radius 2 is 2.20 bits per heavy atom. The van der Waals surface area contributed by atoms with Gasteiger partial charge in [-0.1, -0.05) is 13.8 Å². The summed E-state index contributed by atoms with van der Waals surface area (Å²) in [6.07, 6.45) is 2.63. The van der Waals surface area contributed by atoms with E-state index in [4.69, 9.17) is 4.74 Å². The van der Waals surface area contributed by atoms with Crippen molar-refractivity contribution in [1.29, 1.82) is 0 Å². The molecule has 3 rings (SSSR count). The lowest BCUT2D eigenvalue weighted by Crippen LogP contribution is -2.54. The molecule has 2 bridgehead atoms. The van der Waals surface area contributed by atoms with Gasteiger partial charge in [0.15, 0.2) is 0 Å². The molecular weight excluding hydrogens is 192 g/mol. The van der Waals surface area contributed by atoms with Gasteiger partial charge in [0.1, 0.15) is 5.78 Å². The number of fused-ring (bicyclic) bond motifs is 3. The average Bonchev–Trinajstić information content (AvgIpc) is 2.24. The number of ether oxygens (including phenoxy) is 1. The molecule has 0 aromatic heterocycles. The first-order valence-corrected chi connectivity index (χ1v) is 5.62. The molecule has 3 heteroatoms. The Kier molecular flexibility index (Phi) is 2.36. The number of rotatable bonds is 1. The highest BCUT2D eigenvalue weighted by atomic mass is 16.5. The van der Waals surface area contributed by atoms with Gasteiger partial charge in [-0.05, 0) is 24.7 Å². The number of Topliss-reactive ketones (excluding diaryl/α,β-unsaturated/α-hetero) is 1. The molecule has 0 N–H and O–H groups in total. The minimum absolute atomic E-state index is 0.00843. The van der Waals surface area contributed by atoms with Gasteiger partial charge < -0.3 is 4.74 Å². The van der Waals surface area contributed by atoms with Crippen LogP contribution in [0.25, 0.3) is 0 Å². The van der Waals surface area contributed by atoms with E-state index in [0.717, 1.165) is 12.8 Å². The highest BCUT2D eigenvalue weighted by molar-refractivity contribution is 5.88. The second-order valence-electron chi connectivity index (χ2n) is 5.18. The molecular formula is C12H18O3. The maximum atomic E-state index is 11.9. The zero-order valence-electron chi connectivity index (χ0n) is 9.58. The van der Waals surface area contributed by atoms with Crippen LogP contribution in [0.3, 0.4) is 0 Å². The minimum Gasteiger partial charge on any atom is -0.469 e. The third kappa shape index (κ3) is 1.32. The van der Waals surface area contributed by atoms with Crippen LogP contribution in [0.1, 0.15) is 33.1 Å². The maximum Gasteiger partial charge on any atom is 0.309 e. The fraction of sp³-hybridized carbons (Fsp3) is 0.833. The molecule has 0 aromatic carbocycles. The number of ketones is 1. The van der Waals surface area contributed by atoms with E-state index in [9.17, 15) is 9.59 Å². The molecule has 84 valence electrons. The number of carbonyl (C=O) groups excluding carboxylic acids is 2. The third-order valence-corrected chi connectivity index (χ3v) is 4.65. The first kappa shape index (κ1) is 10.7. The SMILES string of the molecule is COC(=O)C1CC2CC[C@]1(C)C(C)C2=O. The highest BCUT2D eigenvalue weighted by Crippen LogP contribution is 2.55.